The zero-order chi connectivity index (χ0) is 13.8. The Kier molecular flexibility index (Phi) is 4.39. The normalized spacial score (nSPS) is 10.2. The molecular formula is C13H10BrClN2O2. The van der Waals surface area contributed by atoms with E-state index in [2.05, 4.69) is 21.2 Å². The first-order valence-electron chi connectivity index (χ1n) is 5.49. The molecule has 2 aromatic rings. The summed E-state index contributed by atoms with van der Waals surface area (Å²) in [7, 11) is 0. The van der Waals surface area contributed by atoms with Crippen LogP contribution in [0.1, 0.15) is 5.56 Å². The first-order chi connectivity index (χ1) is 9.08. The summed E-state index contributed by atoms with van der Waals surface area (Å²) in [6.45, 7) is 0.487. The van der Waals surface area contributed by atoms with Gasteiger partial charge in [-0.1, -0.05) is 45.7 Å². The van der Waals surface area contributed by atoms with Crippen molar-refractivity contribution < 1.29 is 4.92 Å². The van der Waals surface area contributed by atoms with Crippen LogP contribution in [0.4, 0.5) is 11.4 Å². The summed E-state index contributed by atoms with van der Waals surface area (Å²) in [5.41, 5.74) is 1.33. The summed E-state index contributed by atoms with van der Waals surface area (Å²) < 4.78 is 0.965. The summed E-state index contributed by atoms with van der Waals surface area (Å²) in [6, 6.07) is 12.5. The van der Waals surface area contributed by atoms with E-state index in [0.29, 0.717) is 12.2 Å². The van der Waals surface area contributed by atoms with Gasteiger partial charge in [-0.15, -0.1) is 0 Å². The molecule has 0 bridgehead atoms. The van der Waals surface area contributed by atoms with Crippen LogP contribution >= 0.6 is 27.5 Å². The monoisotopic (exact) mass is 340 g/mol. The molecule has 2 rings (SSSR count). The van der Waals surface area contributed by atoms with Crippen molar-refractivity contribution in [2.75, 3.05) is 5.32 Å². The van der Waals surface area contributed by atoms with E-state index in [4.69, 9.17) is 11.6 Å². The summed E-state index contributed by atoms with van der Waals surface area (Å²) in [6.07, 6.45) is 0. The quantitative estimate of drug-likeness (QED) is 0.652. The van der Waals surface area contributed by atoms with E-state index in [1.807, 2.05) is 24.3 Å². The third-order valence-electron chi connectivity index (χ3n) is 2.54. The van der Waals surface area contributed by atoms with Crippen molar-refractivity contribution in [1.82, 2.24) is 0 Å². The predicted octanol–water partition coefficient (Wildman–Crippen LogP) is 4.62. The lowest BCUT2D eigenvalue weighted by atomic mass is 10.2. The van der Waals surface area contributed by atoms with Gasteiger partial charge in [0.05, 0.1) is 4.92 Å². The van der Waals surface area contributed by atoms with Crippen LogP contribution in [-0.2, 0) is 6.54 Å². The zero-order valence-electron chi connectivity index (χ0n) is 9.77. The molecule has 0 unspecified atom stereocenters. The minimum absolute atomic E-state index is 0.0980. The Balaban J connectivity index is 2.20. The molecule has 1 N–H and O–H groups in total. The van der Waals surface area contributed by atoms with Crippen LogP contribution in [0.25, 0.3) is 0 Å². The summed E-state index contributed by atoms with van der Waals surface area (Å²) in [5, 5.41) is 14.1. The number of para-hydroxylation sites is 1. The number of rotatable bonds is 4. The largest absolute Gasteiger partial charge is 0.375 e. The van der Waals surface area contributed by atoms with Crippen LogP contribution in [0.2, 0.25) is 5.02 Å². The van der Waals surface area contributed by atoms with Gasteiger partial charge in [0.2, 0.25) is 0 Å². The number of hydrogen-bond donors (Lipinski definition) is 1. The number of hydrogen-bond acceptors (Lipinski definition) is 3. The Bertz CT molecular complexity index is 619. The van der Waals surface area contributed by atoms with E-state index >= 15 is 0 Å². The number of halogens is 2. The van der Waals surface area contributed by atoms with Crippen LogP contribution in [0.5, 0.6) is 0 Å². The fourth-order valence-corrected chi connectivity index (χ4v) is 2.38. The Morgan fingerprint density at radius 2 is 2.00 bits per heavy atom. The Morgan fingerprint density at radius 1 is 1.26 bits per heavy atom. The van der Waals surface area contributed by atoms with E-state index in [1.165, 1.54) is 6.07 Å². The summed E-state index contributed by atoms with van der Waals surface area (Å²) >= 11 is 9.22. The summed E-state index contributed by atoms with van der Waals surface area (Å²) in [5.74, 6) is 0. The van der Waals surface area contributed by atoms with Crippen LogP contribution < -0.4 is 5.32 Å². The number of nitrogens with one attached hydrogen (secondary N) is 1. The molecule has 0 saturated carbocycles. The van der Waals surface area contributed by atoms with E-state index in [0.717, 1.165) is 10.0 Å². The molecule has 4 nitrogen and oxygen atoms in total. The highest BCUT2D eigenvalue weighted by Crippen LogP contribution is 2.32. The molecule has 0 saturated heterocycles. The molecule has 2 aromatic carbocycles. The Labute approximate surface area is 123 Å². The zero-order valence-corrected chi connectivity index (χ0v) is 12.1. The van der Waals surface area contributed by atoms with Crippen molar-refractivity contribution in [2.45, 2.75) is 6.54 Å². The topological polar surface area (TPSA) is 55.2 Å². The second-order valence-corrected chi connectivity index (χ2v) is 5.20. The number of benzene rings is 2. The van der Waals surface area contributed by atoms with Crippen molar-refractivity contribution in [3.05, 3.63) is 67.6 Å². The second-order valence-electron chi connectivity index (χ2n) is 3.88. The molecule has 19 heavy (non-hydrogen) atoms. The predicted molar refractivity (Wildman–Crippen MR) is 79.6 cm³/mol. The molecular weight excluding hydrogens is 332 g/mol. The maximum Gasteiger partial charge on any atom is 0.310 e. The molecule has 0 heterocycles. The Morgan fingerprint density at radius 3 is 2.68 bits per heavy atom. The lowest BCUT2D eigenvalue weighted by Crippen LogP contribution is -2.03. The van der Waals surface area contributed by atoms with Crippen molar-refractivity contribution >= 4 is 38.9 Å². The number of nitrogens with zero attached hydrogens (tertiary/aromatic N) is 1. The van der Waals surface area contributed by atoms with Gasteiger partial charge >= 0.3 is 5.69 Å². The van der Waals surface area contributed by atoms with E-state index in [-0.39, 0.29) is 10.7 Å². The van der Waals surface area contributed by atoms with Crippen molar-refractivity contribution in [2.24, 2.45) is 0 Å². The van der Waals surface area contributed by atoms with E-state index < -0.39 is 4.92 Å². The van der Waals surface area contributed by atoms with Gasteiger partial charge in [-0.2, -0.15) is 0 Å². The smallest absolute Gasteiger partial charge is 0.310 e. The second kappa shape index (κ2) is 6.04. The molecule has 0 amide bonds. The van der Waals surface area contributed by atoms with Gasteiger partial charge in [-0.25, -0.2) is 0 Å². The molecule has 0 aliphatic rings. The minimum Gasteiger partial charge on any atom is -0.375 e. The molecule has 6 heteroatoms. The number of anilines is 1. The standard InChI is InChI=1S/C13H10BrClN2O2/c14-10-4-1-3-9(7-10)8-16-12-6-2-5-11(15)13(12)17(18)19/h1-7,16H,8H2. The number of nitro groups is 1. The fraction of sp³-hybridized carbons (Fsp3) is 0.0769. The molecule has 98 valence electrons. The molecule has 0 spiro atoms. The van der Waals surface area contributed by atoms with Crippen molar-refractivity contribution in [3.8, 4) is 0 Å². The van der Waals surface area contributed by atoms with Gasteiger partial charge < -0.3 is 5.32 Å². The van der Waals surface area contributed by atoms with Gasteiger partial charge in [-0.05, 0) is 29.8 Å². The fourth-order valence-electron chi connectivity index (χ4n) is 1.69. The van der Waals surface area contributed by atoms with Crippen LogP contribution in [0.3, 0.4) is 0 Å². The third-order valence-corrected chi connectivity index (χ3v) is 3.34. The highest BCUT2D eigenvalue weighted by atomic mass is 79.9. The lowest BCUT2D eigenvalue weighted by molar-refractivity contribution is -0.383. The Hall–Kier alpha value is -1.59. The maximum atomic E-state index is 11.0. The molecule has 0 fully saturated rings. The van der Waals surface area contributed by atoms with Gasteiger partial charge in [0.25, 0.3) is 0 Å². The van der Waals surface area contributed by atoms with Gasteiger partial charge in [-0.3, -0.25) is 10.1 Å². The lowest BCUT2D eigenvalue weighted by Gasteiger charge is -2.08. The molecule has 0 radical (unpaired) electrons. The average Bonchev–Trinajstić information content (AvgIpc) is 2.36. The SMILES string of the molecule is O=[N+]([O-])c1c(Cl)cccc1NCc1cccc(Br)c1. The minimum atomic E-state index is -0.481. The highest BCUT2D eigenvalue weighted by molar-refractivity contribution is 9.10. The number of nitro benzene ring substituents is 1. The van der Waals surface area contributed by atoms with Crippen LogP contribution in [0, 0.1) is 10.1 Å². The van der Waals surface area contributed by atoms with E-state index in [1.54, 1.807) is 12.1 Å². The first-order valence-corrected chi connectivity index (χ1v) is 6.66. The van der Waals surface area contributed by atoms with Crippen molar-refractivity contribution in [1.29, 1.82) is 0 Å². The van der Waals surface area contributed by atoms with Gasteiger partial charge in [0.15, 0.2) is 0 Å². The van der Waals surface area contributed by atoms with Crippen LogP contribution in [0.15, 0.2) is 46.9 Å². The molecule has 0 aliphatic heterocycles. The summed E-state index contributed by atoms with van der Waals surface area (Å²) in [4.78, 5) is 10.5. The third kappa shape index (κ3) is 3.45. The molecule has 0 aromatic heterocycles. The molecule has 0 aliphatic carbocycles. The first kappa shape index (κ1) is 13.8. The van der Waals surface area contributed by atoms with E-state index in [9.17, 15) is 10.1 Å². The van der Waals surface area contributed by atoms with Crippen molar-refractivity contribution in [3.63, 3.8) is 0 Å². The van der Waals surface area contributed by atoms with Gasteiger partial charge in [0.1, 0.15) is 10.7 Å². The molecule has 0 atom stereocenters. The average molecular weight is 342 g/mol. The maximum absolute atomic E-state index is 11.0. The highest BCUT2D eigenvalue weighted by Gasteiger charge is 2.17. The van der Waals surface area contributed by atoms with Crippen LogP contribution in [-0.4, -0.2) is 4.92 Å². The van der Waals surface area contributed by atoms with Gasteiger partial charge in [0, 0.05) is 11.0 Å².